The Morgan fingerprint density at radius 2 is 1.67 bits per heavy atom. The number of carbonyl (C=O) groups is 1. The van der Waals surface area contributed by atoms with Crippen LogP contribution in [0.3, 0.4) is 0 Å². The molecule has 1 N–H and O–H groups in total. The number of ketones is 1. The number of piperidine rings is 1. The van der Waals surface area contributed by atoms with E-state index in [1.807, 2.05) is 23.6 Å². The van der Waals surface area contributed by atoms with Gasteiger partial charge in [0.15, 0.2) is 10.9 Å². The summed E-state index contributed by atoms with van der Waals surface area (Å²) < 4.78 is 27.2. The van der Waals surface area contributed by atoms with E-state index in [0.29, 0.717) is 16.4 Å². The van der Waals surface area contributed by atoms with Crippen LogP contribution in [0.2, 0.25) is 0 Å². The highest BCUT2D eigenvalue weighted by atomic mass is 32.2. The minimum Gasteiger partial charge on any atom is -0.341 e. The standard InChI is InChI=1S/C23H27N5O3S2/c1-17-6-12-20(13-7-17)28-22(27-14-4-3-5-15-27)24-25-23(28)32-16-21(29)18-8-10-19(11-9-18)26-33(2,30)31/h6-13,26H,3-5,14-16H2,1-2H3. The van der Waals surface area contributed by atoms with Crippen LogP contribution in [0.5, 0.6) is 0 Å². The molecule has 0 unspecified atom stereocenters. The lowest BCUT2D eigenvalue weighted by Crippen LogP contribution is -2.31. The van der Waals surface area contributed by atoms with E-state index in [1.165, 1.54) is 23.7 Å². The summed E-state index contributed by atoms with van der Waals surface area (Å²) in [5.41, 5.74) is 3.08. The van der Waals surface area contributed by atoms with Crippen molar-refractivity contribution in [2.75, 3.05) is 34.7 Å². The van der Waals surface area contributed by atoms with Crippen molar-refractivity contribution < 1.29 is 13.2 Å². The number of sulfonamides is 1. The summed E-state index contributed by atoms with van der Waals surface area (Å²) in [6.45, 7) is 3.94. The number of aryl methyl sites for hydroxylation is 1. The molecule has 33 heavy (non-hydrogen) atoms. The highest BCUT2D eigenvalue weighted by Gasteiger charge is 2.22. The van der Waals surface area contributed by atoms with Gasteiger partial charge in [-0.3, -0.25) is 14.1 Å². The Morgan fingerprint density at radius 3 is 2.30 bits per heavy atom. The summed E-state index contributed by atoms with van der Waals surface area (Å²) in [6, 6.07) is 14.6. The Balaban J connectivity index is 1.53. The molecular weight excluding hydrogens is 458 g/mol. The molecule has 4 rings (SSSR count). The Bertz CT molecular complexity index is 1220. The summed E-state index contributed by atoms with van der Waals surface area (Å²) in [4.78, 5) is 15.0. The summed E-state index contributed by atoms with van der Waals surface area (Å²) in [5.74, 6) is 0.941. The lowest BCUT2D eigenvalue weighted by Gasteiger charge is -2.27. The third-order valence-electron chi connectivity index (χ3n) is 5.39. The number of nitrogens with zero attached hydrogens (tertiary/aromatic N) is 4. The van der Waals surface area contributed by atoms with Gasteiger partial charge in [-0.2, -0.15) is 0 Å². The van der Waals surface area contributed by atoms with Gasteiger partial charge in [-0.25, -0.2) is 8.42 Å². The van der Waals surface area contributed by atoms with Crippen molar-refractivity contribution in [3.63, 3.8) is 0 Å². The lowest BCUT2D eigenvalue weighted by molar-refractivity contribution is 0.102. The van der Waals surface area contributed by atoms with Crippen molar-refractivity contribution in [3.8, 4) is 5.69 Å². The molecule has 1 saturated heterocycles. The maximum absolute atomic E-state index is 12.8. The lowest BCUT2D eigenvalue weighted by atomic mass is 10.1. The zero-order valence-electron chi connectivity index (χ0n) is 18.7. The number of hydrogen-bond acceptors (Lipinski definition) is 7. The molecule has 174 valence electrons. The fourth-order valence-corrected chi connectivity index (χ4v) is 5.13. The van der Waals surface area contributed by atoms with E-state index in [9.17, 15) is 13.2 Å². The average molecular weight is 486 g/mol. The molecule has 0 atom stereocenters. The Hall–Kier alpha value is -2.85. The molecule has 10 heteroatoms. The Morgan fingerprint density at radius 1 is 1.00 bits per heavy atom. The predicted octanol–water partition coefficient (Wildman–Crippen LogP) is 3.91. The van der Waals surface area contributed by atoms with Crippen LogP contribution >= 0.6 is 11.8 Å². The second-order valence-electron chi connectivity index (χ2n) is 8.16. The van der Waals surface area contributed by atoms with Crippen molar-refractivity contribution in [1.29, 1.82) is 0 Å². The first-order chi connectivity index (χ1) is 15.8. The first kappa shape index (κ1) is 23.3. The molecule has 8 nitrogen and oxygen atoms in total. The van der Waals surface area contributed by atoms with Crippen LogP contribution in [0.1, 0.15) is 35.2 Å². The minimum absolute atomic E-state index is 0.0658. The molecule has 0 bridgehead atoms. The van der Waals surface area contributed by atoms with E-state index < -0.39 is 10.0 Å². The van der Waals surface area contributed by atoms with Crippen molar-refractivity contribution in [1.82, 2.24) is 14.8 Å². The first-order valence-electron chi connectivity index (χ1n) is 10.8. The maximum atomic E-state index is 12.8. The van der Waals surface area contributed by atoms with Gasteiger partial charge in [-0.05, 0) is 62.6 Å². The van der Waals surface area contributed by atoms with Crippen LogP contribution in [0, 0.1) is 6.92 Å². The molecule has 3 aromatic rings. The monoisotopic (exact) mass is 485 g/mol. The van der Waals surface area contributed by atoms with Gasteiger partial charge in [0.1, 0.15) is 0 Å². The van der Waals surface area contributed by atoms with E-state index in [2.05, 4.69) is 32.0 Å². The molecule has 1 aliphatic rings. The quantitative estimate of drug-likeness (QED) is 0.382. The van der Waals surface area contributed by atoms with E-state index in [0.717, 1.165) is 43.8 Å². The van der Waals surface area contributed by atoms with Crippen molar-refractivity contribution >= 4 is 39.2 Å². The van der Waals surface area contributed by atoms with Gasteiger partial charge in [0.25, 0.3) is 0 Å². The number of carbonyl (C=O) groups excluding carboxylic acids is 1. The van der Waals surface area contributed by atoms with E-state index in [4.69, 9.17) is 0 Å². The van der Waals surface area contributed by atoms with Crippen molar-refractivity contribution in [2.45, 2.75) is 31.3 Å². The SMILES string of the molecule is Cc1ccc(-n2c(SCC(=O)c3ccc(NS(C)(=O)=O)cc3)nnc2N2CCCCC2)cc1. The molecule has 0 aliphatic carbocycles. The van der Waals surface area contributed by atoms with E-state index >= 15 is 0 Å². The highest BCUT2D eigenvalue weighted by molar-refractivity contribution is 7.99. The number of anilines is 2. The Labute approximate surface area is 198 Å². The third kappa shape index (κ3) is 5.94. The number of rotatable bonds is 8. The number of nitrogens with one attached hydrogen (secondary N) is 1. The number of Topliss-reactive ketones (excluding diaryl/α,β-unsaturated/α-hetero) is 1. The predicted molar refractivity (Wildman–Crippen MR) is 132 cm³/mol. The van der Waals surface area contributed by atoms with Gasteiger partial charge in [0.05, 0.1) is 17.7 Å². The Kier molecular flexibility index (Phi) is 7.04. The molecule has 0 saturated carbocycles. The van der Waals surface area contributed by atoms with Gasteiger partial charge < -0.3 is 4.90 Å². The zero-order chi connectivity index (χ0) is 23.4. The number of benzene rings is 2. The van der Waals surface area contributed by atoms with E-state index in [-0.39, 0.29) is 11.5 Å². The fourth-order valence-electron chi connectivity index (χ4n) is 3.73. The van der Waals surface area contributed by atoms with Crippen LogP contribution < -0.4 is 9.62 Å². The van der Waals surface area contributed by atoms with Crippen molar-refractivity contribution in [2.24, 2.45) is 0 Å². The normalized spacial score (nSPS) is 14.3. The molecule has 0 amide bonds. The second kappa shape index (κ2) is 9.96. The number of thioether (sulfide) groups is 1. The van der Waals surface area contributed by atoms with Crippen molar-refractivity contribution in [3.05, 3.63) is 59.7 Å². The van der Waals surface area contributed by atoms with Crippen LogP contribution in [-0.4, -0.2) is 54.1 Å². The molecule has 1 fully saturated rings. The second-order valence-corrected chi connectivity index (χ2v) is 10.9. The summed E-state index contributed by atoms with van der Waals surface area (Å²) in [5, 5.41) is 9.56. The van der Waals surface area contributed by atoms with E-state index in [1.54, 1.807) is 24.3 Å². The first-order valence-corrected chi connectivity index (χ1v) is 13.7. The molecule has 0 spiro atoms. The smallest absolute Gasteiger partial charge is 0.232 e. The topological polar surface area (TPSA) is 97.2 Å². The van der Waals surface area contributed by atoms with Crippen LogP contribution in [0.15, 0.2) is 53.7 Å². The highest BCUT2D eigenvalue weighted by Crippen LogP contribution is 2.29. The van der Waals surface area contributed by atoms with Crippen LogP contribution in [0.4, 0.5) is 11.6 Å². The summed E-state index contributed by atoms with van der Waals surface area (Å²) in [7, 11) is -3.36. The molecular formula is C23H27N5O3S2. The summed E-state index contributed by atoms with van der Waals surface area (Å²) >= 11 is 1.35. The van der Waals surface area contributed by atoms with Gasteiger partial charge in [-0.15, -0.1) is 10.2 Å². The van der Waals surface area contributed by atoms with Gasteiger partial charge in [-0.1, -0.05) is 29.5 Å². The minimum atomic E-state index is -3.36. The largest absolute Gasteiger partial charge is 0.341 e. The summed E-state index contributed by atoms with van der Waals surface area (Å²) in [6.07, 6.45) is 4.58. The molecule has 1 aromatic heterocycles. The average Bonchev–Trinajstić information content (AvgIpc) is 3.22. The molecule has 0 radical (unpaired) electrons. The van der Waals surface area contributed by atoms with Crippen LogP contribution in [-0.2, 0) is 10.0 Å². The van der Waals surface area contributed by atoms with Crippen LogP contribution in [0.25, 0.3) is 5.69 Å². The molecule has 2 aromatic carbocycles. The van der Waals surface area contributed by atoms with Gasteiger partial charge in [0, 0.05) is 24.3 Å². The molecule has 1 aliphatic heterocycles. The zero-order valence-corrected chi connectivity index (χ0v) is 20.3. The number of hydrogen-bond donors (Lipinski definition) is 1. The maximum Gasteiger partial charge on any atom is 0.232 e. The van der Waals surface area contributed by atoms with Gasteiger partial charge >= 0.3 is 0 Å². The molecule has 2 heterocycles. The number of aromatic nitrogens is 3. The van der Waals surface area contributed by atoms with Gasteiger partial charge in [0.2, 0.25) is 16.0 Å². The fraction of sp³-hybridized carbons (Fsp3) is 0.348. The third-order valence-corrected chi connectivity index (χ3v) is 6.93.